The summed E-state index contributed by atoms with van der Waals surface area (Å²) in [6.45, 7) is 2.08. The molecule has 0 aliphatic carbocycles. The summed E-state index contributed by atoms with van der Waals surface area (Å²) in [5.41, 5.74) is 0. The van der Waals surface area contributed by atoms with Crippen LogP contribution in [0.5, 0.6) is 0 Å². The van der Waals surface area contributed by atoms with Crippen molar-refractivity contribution in [3.05, 3.63) is 16.3 Å². The van der Waals surface area contributed by atoms with E-state index in [9.17, 15) is 4.79 Å². The zero-order chi connectivity index (χ0) is 11.5. The van der Waals surface area contributed by atoms with E-state index in [-0.39, 0.29) is 11.9 Å². The van der Waals surface area contributed by atoms with Crippen LogP contribution in [-0.4, -0.2) is 37.0 Å². The molecule has 1 aromatic rings. The van der Waals surface area contributed by atoms with E-state index in [0.29, 0.717) is 0 Å². The maximum absolute atomic E-state index is 11.9. The van der Waals surface area contributed by atoms with Crippen molar-refractivity contribution in [2.24, 2.45) is 0 Å². The molecule has 1 amide bonds. The number of nitrogens with one attached hydrogen (secondary N) is 1. The minimum Gasteiger partial charge on any atom is -0.347 e. The summed E-state index contributed by atoms with van der Waals surface area (Å²) >= 11 is 5.65. The number of amides is 1. The molecule has 0 radical (unpaired) electrons. The number of hydrogen-bond acceptors (Lipinski definition) is 4. The summed E-state index contributed by atoms with van der Waals surface area (Å²) in [7, 11) is 2.09. The SMILES string of the molecule is CN1CCCC(NC(=O)c2cc(S)cs2)C1. The number of thiol groups is 1. The Labute approximate surface area is 105 Å². The van der Waals surface area contributed by atoms with E-state index in [4.69, 9.17) is 0 Å². The van der Waals surface area contributed by atoms with Crippen molar-refractivity contribution in [3.8, 4) is 0 Å². The molecule has 0 saturated carbocycles. The summed E-state index contributed by atoms with van der Waals surface area (Å²) in [5.74, 6) is 0.0330. The fraction of sp³-hybridized carbons (Fsp3) is 0.545. The summed E-state index contributed by atoms with van der Waals surface area (Å²) in [6.07, 6.45) is 2.24. The Morgan fingerprint density at radius 2 is 2.50 bits per heavy atom. The van der Waals surface area contributed by atoms with Gasteiger partial charge in [0.2, 0.25) is 0 Å². The van der Waals surface area contributed by atoms with E-state index in [1.54, 1.807) is 0 Å². The highest BCUT2D eigenvalue weighted by molar-refractivity contribution is 7.80. The number of nitrogens with zero attached hydrogens (tertiary/aromatic N) is 1. The molecule has 1 aliphatic heterocycles. The predicted molar refractivity (Wildman–Crippen MR) is 69.6 cm³/mol. The first-order valence-corrected chi connectivity index (χ1v) is 6.75. The maximum atomic E-state index is 11.9. The fourth-order valence-electron chi connectivity index (χ4n) is 1.99. The van der Waals surface area contributed by atoms with Crippen LogP contribution in [0.1, 0.15) is 22.5 Å². The lowest BCUT2D eigenvalue weighted by Gasteiger charge is -2.30. The molecule has 2 heterocycles. The van der Waals surface area contributed by atoms with Gasteiger partial charge in [-0.2, -0.15) is 0 Å². The van der Waals surface area contributed by atoms with Crippen molar-refractivity contribution in [1.82, 2.24) is 10.2 Å². The molecule has 1 fully saturated rings. The number of hydrogen-bond donors (Lipinski definition) is 2. The van der Waals surface area contributed by atoms with E-state index in [2.05, 4.69) is 29.9 Å². The van der Waals surface area contributed by atoms with Gasteiger partial charge in [0, 0.05) is 22.9 Å². The van der Waals surface area contributed by atoms with Gasteiger partial charge in [0.05, 0.1) is 4.88 Å². The first kappa shape index (κ1) is 12.0. The molecule has 5 heteroatoms. The normalized spacial score (nSPS) is 22.0. The van der Waals surface area contributed by atoms with Gasteiger partial charge in [-0.05, 0) is 32.5 Å². The summed E-state index contributed by atoms with van der Waals surface area (Å²) in [4.78, 5) is 15.7. The Morgan fingerprint density at radius 3 is 3.12 bits per heavy atom. The third-order valence-corrected chi connectivity index (χ3v) is 4.13. The molecule has 16 heavy (non-hydrogen) atoms. The zero-order valence-corrected chi connectivity index (χ0v) is 11.0. The van der Waals surface area contributed by atoms with E-state index in [1.807, 2.05) is 11.4 Å². The third kappa shape index (κ3) is 2.99. The molecule has 1 aromatic heterocycles. The Hall–Kier alpha value is -0.520. The second kappa shape index (κ2) is 5.21. The Morgan fingerprint density at radius 1 is 1.69 bits per heavy atom. The van der Waals surface area contributed by atoms with Crippen LogP contribution < -0.4 is 5.32 Å². The molecular formula is C11H16N2OS2. The lowest BCUT2D eigenvalue weighted by Crippen LogP contribution is -2.46. The van der Waals surface area contributed by atoms with Gasteiger partial charge < -0.3 is 10.2 Å². The summed E-state index contributed by atoms with van der Waals surface area (Å²) in [6, 6.07) is 2.10. The molecule has 1 N–H and O–H groups in total. The Kier molecular flexibility index (Phi) is 3.89. The average molecular weight is 256 g/mol. The number of likely N-dealkylation sites (tertiary alicyclic amines) is 1. The van der Waals surface area contributed by atoms with E-state index < -0.39 is 0 Å². The topological polar surface area (TPSA) is 32.3 Å². The van der Waals surface area contributed by atoms with Crippen LogP contribution in [0.15, 0.2) is 16.3 Å². The van der Waals surface area contributed by atoms with E-state index >= 15 is 0 Å². The number of carbonyl (C=O) groups excluding carboxylic acids is 1. The van der Waals surface area contributed by atoms with E-state index in [1.165, 1.54) is 11.3 Å². The molecule has 1 aliphatic rings. The summed E-state index contributed by atoms with van der Waals surface area (Å²) < 4.78 is 0. The van der Waals surface area contributed by atoms with Crippen LogP contribution in [0.4, 0.5) is 0 Å². The molecule has 0 aromatic carbocycles. The lowest BCUT2D eigenvalue weighted by atomic mass is 10.1. The molecule has 1 saturated heterocycles. The third-order valence-electron chi connectivity index (χ3n) is 2.77. The highest BCUT2D eigenvalue weighted by Crippen LogP contribution is 2.18. The fourth-order valence-corrected chi connectivity index (χ4v) is 3.04. The van der Waals surface area contributed by atoms with Crippen molar-refractivity contribution in [2.45, 2.75) is 23.8 Å². The second-order valence-corrected chi connectivity index (χ2v) is 5.67. The molecule has 3 nitrogen and oxygen atoms in total. The van der Waals surface area contributed by atoms with Crippen molar-refractivity contribution < 1.29 is 4.79 Å². The number of carbonyl (C=O) groups is 1. The number of rotatable bonds is 2. The van der Waals surface area contributed by atoms with Gasteiger partial charge >= 0.3 is 0 Å². The lowest BCUT2D eigenvalue weighted by molar-refractivity contribution is 0.0916. The van der Waals surface area contributed by atoms with Crippen molar-refractivity contribution in [1.29, 1.82) is 0 Å². The monoisotopic (exact) mass is 256 g/mol. The molecule has 1 atom stereocenters. The van der Waals surface area contributed by atoms with Gasteiger partial charge in [-0.1, -0.05) is 0 Å². The highest BCUT2D eigenvalue weighted by Gasteiger charge is 2.19. The largest absolute Gasteiger partial charge is 0.347 e. The maximum Gasteiger partial charge on any atom is 0.261 e. The van der Waals surface area contributed by atoms with Crippen LogP contribution in [-0.2, 0) is 0 Å². The van der Waals surface area contributed by atoms with Crippen molar-refractivity contribution in [2.75, 3.05) is 20.1 Å². The van der Waals surface area contributed by atoms with Gasteiger partial charge in [-0.25, -0.2) is 0 Å². The van der Waals surface area contributed by atoms with Gasteiger partial charge in [0.25, 0.3) is 5.91 Å². The molecule has 1 unspecified atom stereocenters. The average Bonchev–Trinajstić information content (AvgIpc) is 2.65. The highest BCUT2D eigenvalue weighted by atomic mass is 32.1. The second-order valence-electron chi connectivity index (χ2n) is 4.24. The van der Waals surface area contributed by atoms with Crippen molar-refractivity contribution >= 4 is 29.9 Å². The Balaban J connectivity index is 1.92. The first-order chi connectivity index (χ1) is 7.65. The quantitative estimate of drug-likeness (QED) is 0.792. The van der Waals surface area contributed by atoms with Crippen LogP contribution in [0, 0.1) is 0 Å². The Bertz CT molecular complexity index is 378. The van der Waals surface area contributed by atoms with Crippen LogP contribution >= 0.6 is 24.0 Å². The van der Waals surface area contributed by atoms with Crippen LogP contribution in [0.3, 0.4) is 0 Å². The number of piperidine rings is 1. The smallest absolute Gasteiger partial charge is 0.261 e. The van der Waals surface area contributed by atoms with Crippen LogP contribution in [0.2, 0.25) is 0 Å². The molecule has 2 rings (SSSR count). The number of likely N-dealkylation sites (N-methyl/N-ethyl adjacent to an activating group) is 1. The van der Waals surface area contributed by atoms with Crippen molar-refractivity contribution in [3.63, 3.8) is 0 Å². The standard InChI is InChI=1S/C11H16N2OS2/c1-13-4-2-3-8(6-13)12-11(14)10-5-9(15)7-16-10/h5,7-8,15H,2-4,6H2,1H3,(H,12,14). The zero-order valence-electron chi connectivity index (χ0n) is 9.27. The molecule has 88 valence electrons. The van der Waals surface area contributed by atoms with Gasteiger partial charge in [-0.3, -0.25) is 4.79 Å². The molecule has 0 spiro atoms. The minimum absolute atomic E-state index is 0.0330. The van der Waals surface area contributed by atoms with Gasteiger partial charge in [-0.15, -0.1) is 24.0 Å². The first-order valence-electron chi connectivity index (χ1n) is 5.42. The minimum atomic E-state index is 0.0330. The van der Waals surface area contributed by atoms with E-state index in [0.717, 1.165) is 35.7 Å². The molecular weight excluding hydrogens is 240 g/mol. The van der Waals surface area contributed by atoms with Gasteiger partial charge in [0.1, 0.15) is 0 Å². The predicted octanol–water partition coefficient (Wildman–Crippen LogP) is 1.86. The summed E-state index contributed by atoms with van der Waals surface area (Å²) in [5, 5.41) is 4.95. The molecule has 0 bridgehead atoms. The number of thiophene rings is 1. The van der Waals surface area contributed by atoms with Crippen LogP contribution in [0.25, 0.3) is 0 Å². The van der Waals surface area contributed by atoms with Gasteiger partial charge in [0.15, 0.2) is 0 Å².